The summed E-state index contributed by atoms with van der Waals surface area (Å²) in [7, 11) is 0. The van der Waals surface area contributed by atoms with E-state index in [9.17, 15) is 15.3 Å². The number of fused-ring (bicyclic) bond motifs is 3. The smallest absolute Gasteiger partial charge is 0.270 e. The molecule has 21 heavy (non-hydrogen) atoms. The Hall–Kier alpha value is -2.44. The Morgan fingerprint density at radius 1 is 1.43 bits per heavy atom. The molecular weight excluding hydrogens is 272 g/mol. The largest absolute Gasteiger partial charge is 0.411 e. The Kier molecular flexibility index (Phi) is 2.51. The van der Waals surface area contributed by atoms with Gasteiger partial charge in [0.15, 0.2) is 0 Å². The fourth-order valence-corrected chi connectivity index (χ4v) is 3.90. The molecule has 7 nitrogen and oxygen atoms in total. The van der Waals surface area contributed by atoms with Crippen molar-refractivity contribution in [1.29, 1.82) is 0 Å². The van der Waals surface area contributed by atoms with Gasteiger partial charge in [-0.25, -0.2) is 0 Å². The molecule has 2 saturated carbocycles. The van der Waals surface area contributed by atoms with Crippen LogP contribution in [0.2, 0.25) is 0 Å². The molecule has 0 saturated heterocycles. The highest BCUT2D eigenvalue weighted by Gasteiger charge is 2.47. The monoisotopic (exact) mass is 286 g/mol. The van der Waals surface area contributed by atoms with E-state index in [1.807, 2.05) is 4.68 Å². The third-order valence-corrected chi connectivity index (χ3v) is 4.81. The highest BCUT2D eigenvalue weighted by molar-refractivity contribution is 5.94. The summed E-state index contributed by atoms with van der Waals surface area (Å²) < 4.78 is 1.86. The fraction of sp³-hybridized carbons (Fsp3) is 0.429. The van der Waals surface area contributed by atoms with Crippen molar-refractivity contribution in [3.63, 3.8) is 0 Å². The van der Waals surface area contributed by atoms with Crippen LogP contribution in [0.1, 0.15) is 25.3 Å². The zero-order valence-electron chi connectivity index (χ0n) is 11.2. The van der Waals surface area contributed by atoms with E-state index in [4.69, 9.17) is 0 Å². The van der Waals surface area contributed by atoms with Gasteiger partial charge in [0.1, 0.15) is 0 Å². The molecule has 1 N–H and O–H groups in total. The molecule has 2 fully saturated rings. The van der Waals surface area contributed by atoms with E-state index in [0.29, 0.717) is 11.8 Å². The van der Waals surface area contributed by atoms with Crippen LogP contribution < -0.4 is 0 Å². The molecular formula is C14H14N4O3. The lowest BCUT2D eigenvalue weighted by Crippen LogP contribution is -2.26. The maximum Gasteiger partial charge on any atom is 0.270 e. The number of oxime groups is 1. The molecule has 0 amide bonds. The standard InChI is InChI=1S/C14H14N4O3/c19-16-13-8-1-2-9(5-8)14(13)17-12-4-3-11(18(20)21)6-10(12)7-15-17/h3-4,6-9,14,19H,1-2,5H2/b16-13-/t8-,9+,14+/m0/s1. The Labute approximate surface area is 120 Å². The van der Waals surface area contributed by atoms with Crippen molar-refractivity contribution in [3.8, 4) is 0 Å². The zero-order valence-corrected chi connectivity index (χ0v) is 11.2. The highest BCUT2D eigenvalue weighted by atomic mass is 16.6. The average molecular weight is 286 g/mol. The molecule has 108 valence electrons. The van der Waals surface area contributed by atoms with Gasteiger partial charge in [-0.1, -0.05) is 5.16 Å². The van der Waals surface area contributed by atoms with Crippen molar-refractivity contribution in [1.82, 2.24) is 9.78 Å². The van der Waals surface area contributed by atoms with Gasteiger partial charge < -0.3 is 5.21 Å². The van der Waals surface area contributed by atoms with Gasteiger partial charge in [-0.3, -0.25) is 14.8 Å². The summed E-state index contributed by atoms with van der Waals surface area (Å²) in [6.45, 7) is 0. The molecule has 2 aliphatic rings. The van der Waals surface area contributed by atoms with Crippen molar-refractivity contribution < 1.29 is 10.1 Å². The first-order valence-corrected chi connectivity index (χ1v) is 7.02. The van der Waals surface area contributed by atoms with Gasteiger partial charge in [-0.15, -0.1) is 0 Å². The molecule has 1 heterocycles. The summed E-state index contributed by atoms with van der Waals surface area (Å²) in [4.78, 5) is 10.4. The molecule has 1 aromatic carbocycles. The van der Waals surface area contributed by atoms with Crippen LogP contribution in [-0.2, 0) is 0 Å². The molecule has 0 unspecified atom stereocenters. The van der Waals surface area contributed by atoms with Gasteiger partial charge >= 0.3 is 0 Å². The Morgan fingerprint density at radius 2 is 2.29 bits per heavy atom. The van der Waals surface area contributed by atoms with Crippen LogP contribution in [0.5, 0.6) is 0 Å². The molecule has 4 rings (SSSR count). The number of nitrogens with zero attached hydrogens (tertiary/aromatic N) is 4. The first kappa shape index (κ1) is 12.3. The summed E-state index contributed by atoms with van der Waals surface area (Å²) >= 11 is 0. The molecule has 2 bridgehead atoms. The molecule has 7 heteroatoms. The summed E-state index contributed by atoms with van der Waals surface area (Å²) in [5.41, 5.74) is 1.71. The van der Waals surface area contributed by atoms with Crippen molar-refractivity contribution in [2.45, 2.75) is 25.3 Å². The van der Waals surface area contributed by atoms with Crippen LogP contribution in [0.25, 0.3) is 10.9 Å². The quantitative estimate of drug-likeness (QED) is 0.521. The number of aromatic nitrogens is 2. The second kappa shape index (κ2) is 4.28. The lowest BCUT2D eigenvalue weighted by molar-refractivity contribution is -0.384. The van der Waals surface area contributed by atoms with Crippen molar-refractivity contribution in [2.75, 3.05) is 0 Å². The minimum atomic E-state index is -0.408. The minimum absolute atomic E-state index is 0.0206. The molecule has 3 atom stereocenters. The molecule has 2 aromatic rings. The first-order valence-electron chi connectivity index (χ1n) is 7.02. The zero-order chi connectivity index (χ0) is 14.6. The fourth-order valence-electron chi connectivity index (χ4n) is 3.90. The van der Waals surface area contributed by atoms with Crippen LogP contribution in [0.15, 0.2) is 29.6 Å². The highest BCUT2D eigenvalue weighted by Crippen LogP contribution is 2.49. The predicted octanol–water partition coefficient (Wildman–Crippen LogP) is 2.75. The van der Waals surface area contributed by atoms with Gasteiger partial charge in [-0.2, -0.15) is 5.10 Å². The van der Waals surface area contributed by atoms with E-state index in [1.165, 1.54) is 12.1 Å². The van der Waals surface area contributed by atoms with Gasteiger partial charge in [0, 0.05) is 23.4 Å². The number of nitro benzene ring substituents is 1. The van der Waals surface area contributed by atoms with Crippen molar-refractivity contribution in [2.24, 2.45) is 17.0 Å². The third-order valence-electron chi connectivity index (χ3n) is 4.81. The van der Waals surface area contributed by atoms with E-state index < -0.39 is 4.92 Å². The van der Waals surface area contributed by atoms with Crippen LogP contribution in [0.4, 0.5) is 5.69 Å². The Bertz CT molecular complexity index is 767. The second-order valence-corrected chi connectivity index (χ2v) is 5.83. The Balaban J connectivity index is 1.82. The van der Waals surface area contributed by atoms with E-state index in [1.54, 1.807) is 12.3 Å². The lowest BCUT2D eigenvalue weighted by Gasteiger charge is -2.23. The number of non-ortho nitro benzene ring substituents is 1. The minimum Gasteiger partial charge on any atom is -0.411 e. The number of hydrogen-bond donors (Lipinski definition) is 1. The van der Waals surface area contributed by atoms with E-state index in [2.05, 4.69) is 10.3 Å². The molecule has 0 spiro atoms. The number of hydrogen-bond acceptors (Lipinski definition) is 5. The second-order valence-electron chi connectivity index (χ2n) is 5.83. The summed E-state index contributed by atoms with van der Waals surface area (Å²) in [5.74, 6) is 0.793. The third kappa shape index (κ3) is 1.66. The van der Waals surface area contributed by atoms with E-state index >= 15 is 0 Å². The van der Waals surface area contributed by atoms with Crippen molar-refractivity contribution in [3.05, 3.63) is 34.5 Å². The lowest BCUT2D eigenvalue weighted by atomic mass is 9.93. The predicted molar refractivity (Wildman–Crippen MR) is 75.5 cm³/mol. The van der Waals surface area contributed by atoms with Gasteiger partial charge in [0.2, 0.25) is 0 Å². The maximum absolute atomic E-state index is 10.8. The normalized spacial score (nSPS) is 29.5. The van der Waals surface area contributed by atoms with E-state index in [0.717, 1.165) is 35.9 Å². The van der Waals surface area contributed by atoms with Crippen LogP contribution >= 0.6 is 0 Å². The first-order chi connectivity index (χ1) is 10.2. The Morgan fingerprint density at radius 3 is 3.05 bits per heavy atom. The van der Waals surface area contributed by atoms with Gasteiger partial charge in [0.05, 0.1) is 28.4 Å². The summed E-state index contributed by atoms with van der Waals surface area (Å²) in [6, 6.07) is 4.72. The topological polar surface area (TPSA) is 93.5 Å². The van der Waals surface area contributed by atoms with Crippen LogP contribution in [-0.4, -0.2) is 25.6 Å². The summed E-state index contributed by atoms with van der Waals surface area (Å²) in [6.07, 6.45) is 4.87. The molecule has 1 aromatic heterocycles. The maximum atomic E-state index is 10.8. The molecule has 2 aliphatic carbocycles. The number of benzene rings is 1. The molecule has 0 radical (unpaired) electrons. The van der Waals surface area contributed by atoms with Crippen LogP contribution in [0.3, 0.4) is 0 Å². The molecule has 0 aliphatic heterocycles. The van der Waals surface area contributed by atoms with E-state index in [-0.39, 0.29) is 11.7 Å². The number of nitro groups is 1. The van der Waals surface area contributed by atoms with Gasteiger partial charge in [0.25, 0.3) is 5.69 Å². The SMILES string of the molecule is O=[N+]([O-])c1ccc2c(cnn2[C@H]2/C(=N\O)[C@H]3CC[C@@H]2C3)c1. The van der Waals surface area contributed by atoms with Gasteiger partial charge in [-0.05, 0) is 31.2 Å². The average Bonchev–Trinajstić information content (AvgIpc) is 3.19. The summed E-state index contributed by atoms with van der Waals surface area (Å²) in [5, 5.41) is 28.8. The van der Waals surface area contributed by atoms with Crippen molar-refractivity contribution >= 4 is 22.3 Å². The number of rotatable bonds is 2. The van der Waals surface area contributed by atoms with Crippen LogP contribution in [0, 0.1) is 22.0 Å².